The van der Waals surface area contributed by atoms with E-state index in [0.717, 1.165) is 31.9 Å². The van der Waals surface area contributed by atoms with Gasteiger partial charge in [-0.25, -0.2) is 0 Å². The Morgan fingerprint density at radius 2 is 2.18 bits per heavy atom. The van der Waals surface area contributed by atoms with Crippen LogP contribution in [0.2, 0.25) is 0 Å². The molecule has 0 radical (unpaired) electrons. The summed E-state index contributed by atoms with van der Waals surface area (Å²) >= 11 is 0. The summed E-state index contributed by atoms with van der Waals surface area (Å²) in [6.45, 7) is 2.92. The molecule has 1 aliphatic rings. The van der Waals surface area contributed by atoms with Crippen molar-refractivity contribution >= 4 is 0 Å². The van der Waals surface area contributed by atoms with Crippen LogP contribution >= 0.6 is 0 Å². The van der Waals surface area contributed by atoms with Gasteiger partial charge in [0, 0.05) is 13.2 Å². The van der Waals surface area contributed by atoms with Crippen molar-refractivity contribution in [2.45, 2.75) is 25.4 Å². The molecule has 3 heteroatoms. The average molecular weight is 235 g/mol. The Hall–Kier alpha value is -1.06. The largest absolute Gasteiger partial charge is 0.497 e. The first-order valence-electron chi connectivity index (χ1n) is 6.34. The predicted octanol–water partition coefficient (Wildman–Crippen LogP) is 2.01. The Kier molecular flexibility index (Phi) is 4.83. The van der Waals surface area contributed by atoms with Gasteiger partial charge in [0.05, 0.1) is 13.2 Å². The minimum Gasteiger partial charge on any atom is -0.497 e. The first kappa shape index (κ1) is 12.4. The van der Waals surface area contributed by atoms with Crippen LogP contribution in [0.1, 0.15) is 18.4 Å². The van der Waals surface area contributed by atoms with Gasteiger partial charge in [0.15, 0.2) is 0 Å². The highest BCUT2D eigenvalue weighted by Gasteiger charge is 2.14. The standard InChI is InChI=1S/C14H21NO2/c1-16-13-6-4-12(5-7-13)8-9-15-11-14-3-2-10-17-14/h4-7,14-15H,2-3,8-11H2,1H3/t14-/m0/s1. The van der Waals surface area contributed by atoms with E-state index < -0.39 is 0 Å². The van der Waals surface area contributed by atoms with Gasteiger partial charge in [0.2, 0.25) is 0 Å². The van der Waals surface area contributed by atoms with Gasteiger partial charge < -0.3 is 14.8 Å². The van der Waals surface area contributed by atoms with E-state index in [0.29, 0.717) is 6.10 Å². The zero-order valence-corrected chi connectivity index (χ0v) is 10.4. The van der Waals surface area contributed by atoms with Gasteiger partial charge in [-0.05, 0) is 43.5 Å². The molecule has 0 saturated carbocycles. The highest BCUT2D eigenvalue weighted by molar-refractivity contribution is 5.27. The maximum Gasteiger partial charge on any atom is 0.118 e. The Balaban J connectivity index is 1.63. The first-order valence-corrected chi connectivity index (χ1v) is 6.34. The van der Waals surface area contributed by atoms with Crippen LogP contribution in [0.5, 0.6) is 5.75 Å². The Labute approximate surface area is 103 Å². The normalized spacial score (nSPS) is 19.5. The summed E-state index contributed by atoms with van der Waals surface area (Å²) < 4.78 is 10.7. The molecule has 0 bridgehead atoms. The lowest BCUT2D eigenvalue weighted by atomic mass is 10.1. The molecule has 1 fully saturated rings. The number of methoxy groups -OCH3 is 1. The van der Waals surface area contributed by atoms with Crippen molar-refractivity contribution in [1.82, 2.24) is 5.32 Å². The molecular weight excluding hydrogens is 214 g/mol. The molecule has 3 nitrogen and oxygen atoms in total. The summed E-state index contributed by atoms with van der Waals surface area (Å²) in [5.41, 5.74) is 1.34. The zero-order chi connectivity index (χ0) is 11.9. The van der Waals surface area contributed by atoms with Crippen molar-refractivity contribution in [2.24, 2.45) is 0 Å². The third-order valence-corrected chi connectivity index (χ3v) is 3.15. The summed E-state index contributed by atoms with van der Waals surface area (Å²) in [5.74, 6) is 0.918. The van der Waals surface area contributed by atoms with Crippen LogP contribution < -0.4 is 10.1 Å². The molecule has 0 unspecified atom stereocenters. The lowest BCUT2D eigenvalue weighted by molar-refractivity contribution is 0.110. The molecule has 0 amide bonds. The van der Waals surface area contributed by atoms with Gasteiger partial charge in [0.25, 0.3) is 0 Å². The van der Waals surface area contributed by atoms with Gasteiger partial charge in [-0.2, -0.15) is 0 Å². The van der Waals surface area contributed by atoms with E-state index in [1.54, 1.807) is 7.11 Å². The van der Waals surface area contributed by atoms with Gasteiger partial charge in [-0.15, -0.1) is 0 Å². The van der Waals surface area contributed by atoms with Gasteiger partial charge >= 0.3 is 0 Å². The highest BCUT2D eigenvalue weighted by Crippen LogP contribution is 2.12. The molecule has 17 heavy (non-hydrogen) atoms. The monoisotopic (exact) mass is 235 g/mol. The van der Waals surface area contributed by atoms with Crippen molar-refractivity contribution in [3.8, 4) is 5.75 Å². The second-order valence-corrected chi connectivity index (χ2v) is 4.44. The molecule has 2 rings (SSSR count). The third-order valence-electron chi connectivity index (χ3n) is 3.15. The van der Waals surface area contributed by atoms with Gasteiger partial charge in [-0.3, -0.25) is 0 Å². The molecule has 1 aromatic carbocycles. The van der Waals surface area contributed by atoms with E-state index in [9.17, 15) is 0 Å². The second-order valence-electron chi connectivity index (χ2n) is 4.44. The van der Waals surface area contributed by atoms with Crippen LogP contribution in [0.15, 0.2) is 24.3 Å². The van der Waals surface area contributed by atoms with E-state index in [1.165, 1.54) is 18.4 Å². The minimum atomic E-state index is 0.436. The van der Waals surface area contributed by atoms with Gasteiger partial charge in [0.1, 0.15) is 5.75 Å². The molecule has 1 aromatic rings. The fourth-order valence-electron chi connectivity index (χ4n) is 2.09. The summed E-state index contributed by atoms with van der Waals surface area (Å²) in [6.07, 6.45) is 3.91. The lowest BCUT2D eigenvalue weighted by Crippen LogP contribution is -2.27. The molecule has 94 valence electrons. The number of hydrogen-bond donors (Lipinski definition) is 1. The summed E-state index contributed by atoms with van der Waals surface area (Å²) in [6, 6.07) is 8.25. The predicted molar refractivity (Wildman–Crippen MR) is 68.5 cm³/mol. The van der Waals surface area contributed by atoms with Crippen LogP contribution in [0, 0.1) is 0 Å². The number of nitrogens with one attached hydrogen (secondary N) is 1. The fourth-order valence-corrected chi connectivity index (χ4v) is 2.09. The van der Waals surface area contributed by atoms with Gasteiger partial charge in [-0.1, -0.05) is 12.1 Å². The van der Waals surface area contributed by atoms with Crippen molar-refractivity contribution in [2.75, 3.05) is 26.8 Å². The minimum absolute atomic E-state index is 0.436. The lowest BCUT2D eigenvalue weighted by Gasteiger charge is -2.10. The smallest absolute Gasteiger partial charge is 0.118 e. The Bertz CT molecular complexity index is 317. The van der Waals surface area contributed by atoms with Crippen molar-refractivity contribution in [3.63, 3.8) is 0 Å². The topological polar surface area (TPSA) is 30.5 Å². The molecule has 0 aliphatic carbocycles. The van der Waals surface area contributed by atoms with Crippen LogP contribution in [-0.2, 0) is 11.2 Å². The molecule has 0 spiro atoms. The molecule has 1 aliphatic heterocycles. The Morgan fingerprint density at radius 3 is 2.82 bits per heavy atom. The van der Waals surface area contributed by atoms with Crippen molar-refractivity contribution in [1.29, 1.82) is 0 Å². The SMILES string of the molecule is COc1ccc(CCNC[C@@H]2CCCO2)cc1. The Morgan fingerprint density at radius 1 is 1.35 bits per heavy atom. The van der Waals surface area contributed by atoms with E-state index in [-0.39, 0.29) is 0 Å². The molecule has 1 heterocycles. The van der Waals surface area contributed by atoms with Crippen LogP contribution in [-0.4, -0.2) is 32.9 Å². The fraction of sp³-hybridized carbons (Fsp3) is 0.571. The first-order chi connectivity index (χ1) is 8.38. The second kappa shape index (κ2) is 6.62. The third kappa shape index (κ3) is 4.02. The number of hydrogen-bond acceptors (Lipinski definition) is 3. The summed E-state index contributed by atoms with van der Waals surface area (Å²) in [4.78, 5) is 0. The molecule has 0 aromatic heterocycles. The molecule has 1 N–H and O–H groups in total. The van der Waals surface area contributed by atoms with Crippen LogP contribution in [0.3, 0.4) is 0 Å². The number of rotatable bonds is 6. The van der Waals surface area contributed by atoms with E-state index in [2.05, 4.69) is 17.4 Å². The summed E-state index contributed by atoms with van der Waals surface area (Å²) in [5, 5.41) is 3.45. The number of ether oxygens (including phenoxy) is 2. The molecule has 1 atom stereocenters. The molecular formula is C14H21NO2. The van der Waals surface area contributed by atoms with E-state index >= 15 is 0 Å². The van der Waals surface area contributed by atoms with E-state index in [1.807, 2.05) is 12.1 Å². The van der Waals surface area contributed by atoms with E-state index in [4.69, 9.17) is 9.47 Å². The highest BCUT2D eigenvalue weighted by atomic mass is 16.5. The van der Waals surface area contributed by atoms with Crippen LogP contribution in [0.4, 0.5) is 0 Å². The summed E-state index contributed by atoms with van der Waals surface area (Å²) in [7, 11) is 1.69. The van der Waals surface area contributed by atoms with Crippen molar-refractivity contribution < 1.29 is 9.47 Å². The average Bonchev–Trinajstić information content (AvgIpc) is 2.88. The maximum absolute atomic E-state index is 5.56. The molecule has 1 saturated heterocycles. The number of benzene rings is 1. The maximum atomic E-state index is 5.56. The van der Waals surface area contributed by atoms with Crippen molar-refractivity contribution in [3.05, 3.63) is 29.8 Å². The zero-order valence-electron chi connectivity index (χ0n) is 10.4. The quantitative estimate of drug-likeness (QED) is 0.765. The van der Waals surface area contributed by atoms with Crippen LogP contribution in [0.25, 0.3) is 0 Å².